The van der Waals surface area contributed by atoms with Crippen molar-refractivity contribution in [1.82, 2.24) is 15.1 Å². The zero-order valence-corrected chi connectivity index (χ0v) is 10.2. The number of nitrogens with one attached hydrogen (secondary N) is 1. The Morgan fingerprint density at radius 1 is 1.40 bits per heavy atom. The molecule has 0 saturated heterocycles. The molecule has 0 aliphatic heterocycles. The largest absolute Gasteiger partial charge is 0.392 e. The Kier molecular flexibility index (Phi) is 3.88. The lowest BCUT2D eigenvalue weighted by Crippen LogP contribution is -2.27. The summed E-state index contributed by atoms with van der Waals surface area (Å²) in [5.41, 5.74) is 3.47. The third-order valence-corrected chi connectivity index (χ3v) is 2.72. The van der Waals surface area contributed by atoms with E-state index in [0.29, 0.717) is 6.54 Å². The van der Waals surface area contributed by atoms with Crippen molar-refractivity contribution in [1.29, 1.82) is 0 Å². The third-order valence-electron chi connectivity index (χ3n) is 2.72. The molecule has 0 aromatic carbocycles. The second kappa shape index (κ2) is 4.77. The highest BCUT2D eigenvalue weighted by atomic mass is 16.3. The van der Waals surface area contributed by atoms with Crippen molar-refractivity contribution >= 4 is 0 Å². The average molecular weight is 211 g/mol. The minimum absolute atomic E-state index is 0.230. The van der Waals surface area contributed by atoms with Gasteiger partial charge in [0.25, 0.3) is 0 Å². The lowest BCUT2D eigenvalue weighted by molar-refractivity contribution is 0.187. The molecule has 0 spiro atoms. The van der Waals surface area contributed by atoms with Gasteiger partial charge in [-0.2, -0.15) is 5.10 Å². The zero-order chi connectivity index (χ0) is 11.6. The lowest BCUT2D eigenvalue weighted by Gasteiger charge is -2.15. The molecule has 1 aromatic heterocycles. The van der Waals surface area contributed by atoms with Gasteiger partial charge in [-0.1, -0.05) is 0 Å². The molecule has 0 aliphatic carbocycles. The van der Waals surface area contributed by atoms with Crippen LogP contribution in [0.1, 0.15) is 36.8 Å². The molecule has 15 heavy (non-hydrogen) atoms. The molecule has 0 aliphatic rings. The van der Waals surface area contributed by atoms with Crippen LogP contribution in [0.25, 0.3) is 0 Å². The number of nitrogens with zero attached hydrogens (tertiary/aromatic N) is 2. The van der Waals surface area contributed by atoms with Crippen molar-refractivity contribution in [2.45, 2.75) is 39.8 Å². The molecule has 0 fully saturated rings. The monoisotopic (exact) mass is 211 g/mol. The van der Waals surface area contributed by atoms with Crippen LogP contribution in [0.5, 0.6) is 0 Å². The van der Waals surface area contributed by atoms with Gasteiger partial charge in [-0.05, 0) is 27.7 Å². The van der Waals surface area contributed by atoms with Gasteiger partial charge in [-0.15, -0.1) is 0 Å². The summed E-state index contributed by atoms with van der Waals surface area (Å²) >= 11 is 0. The number of aliphatic hydroxyl groups is 1. The summed E-state index contributed by atoms with van der Waals surface area (Å²) in [4.78, 5) is 0. The minimum atomic E-state index is -0.315. The Balaban J connectivity index is 2.77. The minimum Gasteiger partial charge on any atom is -0.392 e. The number of aromatic nitrogens is 2. The van der Waals surface area contributed by atoms with Crippen LogP contribution in [0.3, 0.4) is 0 Å². The Morgan fingerprint density at radius 2 is 2.00 bits per heavy atom. The van der Waals surface area contributed by atoms with Crippen molar-refractivity contribution in [2.24, 2.45) is 7.05 Å². The van der Waals surface area contributed by atoms with E-state index >= 15 is 0 Å². The predicted octanol–water partition coefficient (Wildman–Crippen LogP) is 1.07. The first-order chi connectivity index (χ1) is 6.93. The van der Waals surface area contributed by atoms with E-state index in [2.05, 4.69) is 24.3 Å². The van der Waals surface area contributed by atoms with Gasteiger partial charge in [0.05, 0.1) is 11.8 Å². The number of hydrogen-bond acceptors (Lipinski definition) is 3. The summed E-state index contributed by atoms with van der Waals surface area (Å²) in [6.45, 7) is 8.57. The molecule has 2 unspecified atom stereocenters. The van der Waals surface area contributed by atoms with Gasteiger partial charge in [0, 0.05) is 30.9 Å². The Labute approximate surface area is 91.3 Å². The molecule has 0 amide bonds. The maximum atomic E-state index is 9.21. The highest BCUT2D eigenvalue weighted by molar-refractivity contribution is 5.27. The third kappa shape index (κ3) is 2.79. The maximum absolute atomic E-state index is 9.21. The van der Waals surface area contributed by atoms with E-state index < -0.39 is 0 Å². The van der Waals surface area contributed by atoms with E-state index in [4.69, 9.17) is 0 Å². The quantitative estimate of drug-likeness (QED) is 0.783. The lowest BCUT2D eigenvalue weighted by atomic mass is 10.1. The summed E-state index contributed by atoms with van der Waals surface area (Å²) in [5.74, 6) is 0. The summed E-state index contributed by atoms with van der Waals surface area (Å²) in [6, 6.07) is 0.230. The van der Waals surface area contributed by atoms with E-state index in [1.54, 1.807) is 6.92 Å². The van der Waals surface area contributed by atoms with Crippen LogP contribution in [-0.4, -0.2) is 27.5 Å². The second-order valence-electron chi connectivity index (χ2n) is 4.19. The predicted molar refractivity (Wildman–Crippen MR) is 60.8 cm³/mol. The van der Waals surface area contributed by atoms with Crippen molar-refractivity contribution in [3.05, 3.63) is 17.0 Å². The number of rotatable bonds is 4. The zero-order valence-electron chi connectivity index (χ0n) is 10.2. The first-order valence-corrected chi connectivity index (χ1v) is 5.35. The summed E-state index contributed by atoms with van der Waals surface area (Å²) < 4.78 is 1.89. The van der Waals surface area contributed by atoms with Gasteiger partial charge in [0.2, 0.25) is 0 Å². The second-order valence-corrected chi connectivity index (χ2v) is 4.19. The van der Waals surface area contributed by atoms with Gasteiger partial charge in [-0.25, -0.2) is 0 Å². The molecule has 0 bridgehead atoms. The fraction of sp³-hybridized carbons (Fsp3) is 0.727. The van der Waals surface area contributed by atoms with Crippen LogP contribution in [0, 0.1) is 13.8 Å². The molecule has 2 N–H and O–H groups in total. The van der Waals surface area contributed by atoms with Crippen LogP contribution < -0.4 is 5.32 Å². The topological polar surface area (TPSA) is 50.1 Å². The van der Waals surface area contributed by atoms with Gasteiger partial charge in [-0.3, -0.25) is 4.68 Å². The van der Waals surface area contributed by atoms with Gasteiger partial charge in [0.15, 0.2) is 0 Å². The molecule has 1 rings (SSSR count). The first kappa shape index (κ1) is 12.2. The van der Waals surface area contributed by atoms with Crippen molar-refractivity contribution in [3.8, 4) is 0 Å². The fourth-order valence-corrected chi connectivity index (χ4v) is 1.87. The molecule has 1 heterocycles. The maximum Gasteiger partial charge on any atom is 0.0644 e. The Morgan fingerprint density at radius 3 is 2.40 bits per heavy atom. The Bertz CT molecular complexity index is 331. The number of aliphatic hydroxyl groups excluding tert-OH is 1. The Hall–Kier alpha value is -0.870. The summed E-state index contributed by atoms with van der Waals surface area (Å²) in [5, 5.41) is 16.9. The van der Waals surface area contributed by atoms with E-state index in [1.165, 1.54) is 11.3 Å². The van der Waals surface area contributed by atoms with E-state index in [0.717, 1.165) is 5.69 Å². The molecule has 1 aromatic rings. The van der Waals surface area contributed by atoms with Crippen LogP contribution in [0.15, 0.2) is 0 Å². The SMILES string of the molecule is Cc1nn(C)c(C)c1C(C)NCC(C)O. The fourth-order valence-electron chi connectivity index (χ4n) is 1.87. The van der Waals surface area contributed by atoms with E-state index in [-0.39, 0.29) is 12.1 Å². The van der Waals surface area contributed by atoms with Crippen LogP contribution in [0.2, 0.25) is 0 Å². The summed E-state index contributed by atoms with van der Waals surface area (Å²) in [7, 11) is 1.95. The first-order valence-electron chi connectivity index (χ1n) is 5.35. The van der Waals surface area contributed by atoms with Crippen LogP contribution in [-0.2, 0) is 7.05 Å². The van der Waals surface area contributed by atoms with Crippen molar-refractivity contribution in [2.75, 3.05) is 6.54 Å². The number of hydrogen-bond donors (Lipinski definition) is 2. The molecule has 0 saturated carbocycles. The van der Waals surface area contributed by atoms with Crippen molar-refractivity contribution < 1.29 is 5.11 Å². The average Bonchev–Trinajstić information content (AvgIpc) is 2.37. The number of aryl methyl sites for hydroxylation is 2. The molecule has 2 atom stereocenters. The highest BCUT2D eigenvalue weighted by Crippen LogP contribution is 2.20. The van der Waals surface area contributed by atoms with Crippen LogP contribution in [0.4, 0.5) is 0 Å². The summed E-state index contributed by atoms with van der Waals surface area (Å²) in [6.07, 6.45) is -0.315. The van der Waals surface area contributed by atoms with Gasteiger partial charge < -0.3 is 10.4 Å². The molecule has 4 nitrogen and oxygen atoms in total. The molecule has 4 heteroatoms. The molecular weight excluding hydrogens is 190 g/mol. The molecular formula is C11H21N3O. The standard InChI is InChI=1S/C11H21N3O/c1-7(15)6-12-8(2)11-9(3)13-14(5)10(11)4/h7-8,12,15H,6H2,1-5H3. The van der Waals surface area contributed by atoms with Gasteiger partial charge >= 0.3 is 0 Å². The molecule has 0 radical (unpaired) electrons. The smallest absolute Gasteiger partial charge is 0.0644 e. The van der Waals surface area contributed by atoms with Crippen LogP contribution >= 0.6 is 0 Å². The van der Waals surface area contributed by atoms with Crippen molar-refractivity contribution in [3.63, 3.8) is 0 Å². The van der Waals surface area contributed by atoms with E-state index in [1.807, 2.05) is 18.7 Å². The van der Waals surface area contributed by atoms with Gasteiger partial charge in [0.1, 0.15) is 0 Å². The highest BCUT2D eigenvalue weighted by Gasteiger charge is 2.15. The molecule has 86 valence electrons. The normalized spacial score (nSPS) is 15.3. The van der Waals surface area contributed by atoms with E-state index in [9.17, 15) is 5.11 Å².